The van der Waals surface area contributed by atoms with E-state index in [-0.39, 0.29) is 5.91 Å². The molecule has 3 aromatic rings. The fourth-order valence-corrected chi connectivity index (χ4v) is 7.95. The Labute approximate surface area is 221 Å². The Kier molecular flexibility index (Phi) is 6.32. The fraction of sp³-hybridized carbons (Fsp3) is 0.333. The third-order valence-electron chi connectivity index (χ3n) is 7.90. The van der Waals surface area contributed by atoms with Gasteiger partial charge in [0, 0.05) is 30.4 Å². The summed E-state index contributed by atoms with van der Waals surface area (Å²) in [7, 11) is 3.88. The molecular formula is C30H32N2O4S. The van der Waals surface area contributed by atoms with Crippen LogP contribution in [0.25, 0.3) is 0 Å². The lowest BCUT2D eigenvalue weighted by Crippen LogP contribution is -2.73. The van der Waals surface area contributed by atoms with Crippen LogP contribution in [0.1, 0.15) is 42.6 Å². The Morgan fingerprint density at radius 3 is 1.86 bits per heavy atom. The highest BCUT2D eigenvalue weighted by atomic mass is 32.2. The average molecular weight is 517 g/mol. The molecule has 37 heavy (non-hydrogen) atoms. The van der Waals surface area contributed by atoms with Crippen molar-refractivity contribution < 1.29 is 19.8 Å². The zero-order chi connectivity index (χ0) is 26.5. The third kappa shape index (κ3) is 3.75. The van der Waals surface area contributed by atoms with Gasteiger partial charge in [0.05, 0.1) is 17.4 Å². The van der Waals surface area contributed by atoms with Gasteiger partial charge in [0.25, 0.3) is 0 Å². The zero-order valence-electron chi connectivity index (χ0n) is 21.4. The number of carbonyl (C=O) groups is 2. The van der Waals surface area contributed by atoms with Crippen LogP contribution in [0.5, 0.6) is 0 Å². The van der Waals surface area contributed by atoms with E-state index in [1.54, 1.807) is 4.90 Å². The number of nitrogens with zero attached hydrogens (tertiary/aromatic N) is 2. The van der Waals surface area contributed by atoms with Crippen LogP contribution in [0.4, 0.5) is 5.69 Å². The van der Waals surface area contributed by atoms with E-state index in [1.165, 1.54) is 11.8 Å². The van der Waals surface area contributed by atoms with Gasteiger partial charge < -0.3 is 20.0 Å². The third-order valence-corrected chi connectivity index (χ3v) is 9.54. The number of β-lactam (4-membered cyclic amide) rings is 1. The van der Waals surface area contributed by atoms with Crippen LogP contribution in [0.15, 0.2) is 84.9 Å². The van der Waals surface area contributed by atoms with Crippen molar-refractivity contribution >= 4 is 29.3 Å². The maximum Gasteiger partial charge on any atom is 0.332 e. The molecule has 0 aromatic heterocycles. The normalized spacial score (nSPS) is 24.9. The van der Waals surface area contributed by atoms with Crippen LogP contribution >= 0.6 is 11.8 Å². The second-order valence-corrected chi connectivity index (χ2v) is 12.2. The molecule has 2 saturated heterocycles. The molecule has 0 spiro atoms. The minimum absolute atomic E-state index is 0.327. The van der Waals surface area contributed by atoms with Gasteiger partial charge in [-0.05, 0) is 42.7 Å². The minimum atomic E-state index is -1.55. The lowest BCUT2D eigenvalue weighted by atomic mass is 9.65. The highest BCUT2D eigenvalue weighted by Gasteiger charge is 2.76. The van der Waals surface area contributed by atoms with Gasteiger partial charge in [0.15, 0.2) is 5.54 Å². The number of aliphatic carboxylic acids is 1. The zero-order valence-corrected chi connectivity index (χ0v) is 22.2. The van der Waals surface area contributed by atoms with Crippen LogP contribution in [0.2, 0.25) is 0 Å². The van der Waals surface area contributed by atoms with Crippen LogP contribution < -0.4 is 4.90 Å². The predicted molar refractivity (Wildman–Crippen MR) is 147 cm³/mol. The van der Waals surface area contributed by atoms with Crippen LogP contribution in [0, 0.1) is 5.92 Å². The summed E-state index contributed by atoms with van der Waals surface area (Å²) in [6.07, 6.45) is -1.02. The van der Waals surface area contributed by atoms with E-state index in [4.69, 9.17) is 0 Å². The molecule has 2 aliphatic rings. The number of rotatable bonds is 7. The number of amides is 1. The lowest BCUT2D eigenvalue weighted by Gasteiger charge is -2.54. The number of carbonyl (C=O) groups excluding carboxylic acids is 1. The van der Waals surface area contributed by atoms with Gasteiger partial charge in [-0.25, -0.2) is 4.79 Å². The average Bonchev–Trinajstić information content (AvgIpc) is 3.10. The van der Waals surface area contributed by atoms with E-state index in [9.17, 15) is 19.8 Å². The van der Waals surface area contributed by atoms with Crippen molar-refractivity contribution in [2.45, 2.75) is 41.5 Å². The van der Waals surface area contributed by atoms with E-state index in [0.29, 0.717) is 5.56 Å². The molecule has 2 heterocycles. The van der Waals surface area contributed by atoms with E-state index < -0.39 is 39.6 Å². The maximum absolute atomic E-state index is 13.9. The van der Waals surface area contributed by atoms with Gasteiger partial charge in [0.1, 0.15) is 0 Å². The summed E-state index contributed by atoms with van der Waals surface area (Å²) < 4.78 is -0.848. The number of thioether (sulfide) groups is 1. The molecule has 0 bridgehead atoms. The van der Waals surface area contributed by atoms with Crippen molar-refractivity contribution in [3.8, 4) is 0 Å². The first-order valence-corrected chi connectivity index (χ1v) is 13.3. The number of aliphatic hydroxyl groups excluding tert-OH is 1. The molecule has 4 atom stereocenters. The lowest BCUT2D eigenvalue weighted by molar-refractivity contribution is -0.181. The molecule has 5 rings (SSSR count). The number of anilines is 1. The molecular weight excluding hydrogens is 484 g/mol. The first-order valence-electron chi connectivity index (χ1n) is 12.4. The van der Waals surface area contributed by atoms with Crippen molar-refractivity contribution in [3.05, 3.63) is 102 Å². The summed E-state index contributed by atoms with van der Waals surface area (Å²) in [6.45, 7) is 3.82. The number of carboxylic acid groups (broad SMARTS) is 1. The molecule has 3 aromatic carbocycles. The summed E-state index contributed by atoms with van der Waals surface area (Å²) in [4.78, 5) is 30.8. The maximum atomic E-state index is 13.9. The summed E-state index contributed by atoms with van der Waals surface area (Å²) in [5.41, 5.74) is 1.76. The Morgan fingerprint density at radius 2 is 1.41 bits per heavy atom. The topological polar surface area (TPSA) is 81.1 Å². The summed E-state index contributed by atoms with van der Waals surface area (Å²) >= 11 is 1.47. The van der Waals surface area contributed by atoms with Crippen LogP contribution in [-0.2, 0) is 9.59 Å². The Hall–Kier alpha value is -3.29. The van der Waals surface area contributed by atoms with Crippen LogP contribution in [-0.4, -0.2) is 56.7 Å². The van der Waals surface area contributed by atoms with Gasteiger partial charge >= 0.3 is 5.97 Å². The molecule has 6 nitrogen and oxygen atoms in total. The van der Waals surface area contributed by atoms with E-state index in [2.05, 4.69) is 0 Å². The van der Waals surface area contributed by atoms with Gasteiger partial charge in [0.2, 0.25) is 5.91 Å². The largest absolute Gasteiger partial charge is 0.479 e. The second-order valence-electron chi connectivity index (χ2n) is 10.5. The van der Waals surface area contributed by atoms with Crippen LogP contribution in [0.3, 0.4) is 0 Å². The standard InChI is InChI=1S/C30H32N2O4S/c1-29(2)30(28(35)36,24(19-11-7-5-8-12-19)20-13-9-6-10-14-20)32-26(34)23(27(32)37-29)25(33)21-15-17-22(18-16-21)31(3)4/h5-18,23-25,27,33H,1-4H3,(H,35,36)/t23-,25?,27+,30-/m0/s1. The van der Waals surface area contributed by atoms with Gasteiger partial charge in [-0.1, -0.05) is 72.8 Å². The van der Waals surface area contributed by atoms with Gasteiger partial charge in [-0.2, -0.15) is 0 Å². The first kappa shape index (κ1) is 25.4. The van der Waals surface area contributed by atoms with Crippen molar-refractivity contribution in [1.29, 1.82) is 0 Å². The van der Waals surface area contributed by atoms with Crippen molar-refractivity contribution in [1.82, 2.24) is 4.90 Å². The number of hydrogen-bond donors (Lipinski definition) is 2. The van der Waals surface area contributed by atoms with Crippen molar-refractivity contribution in [2.75, 3.05) is 19.0 Å². The fourth-order valence-electron chi connectivity index (χ4n) is 6.07. The predicted octanol–water partition coefficient (Wildman–Crippen LogP) is 4.75. The van der Waals surface area contributed by atoms with Gasteiger partial charge in [-0.15, -0.1) is 11.8 Å². The van der Waals surface area contributed by atoms with E-state index in [1.807, 2.05) is 118 Å². The molecule has 192 valence electrons. The minimum Gasteiger partial charge on any atom is -0.479 e. The molecule has 1 amide bonds. The second kappa shape index (κ2) is 9.23. The Morgan fingerprint density at radius 1 is 0.892 bits per heavy atom. The van der Waals surface area contributed by atoms with E-state index in [0.717, 1.165) is 16.8 Å². The van der Waals surface area contributed by atoms with Crippen molar-refractivity contribution in [2.24, 2.45) is 5.92 Å². The summed E-state index contributed by atoms with van der Waals surface area (Å²) in [6, 6.07) is 26.6. The number of aliphatic hydroxyl groups is 1. The Bertz CT molecular complexity index is 1260. The number of benzene rings is 3. The highest BCUT2D eigenvalue weighted by Crippen LogP contribution is 2.65. The Balaban J connectivity index is 1.60. The molecule has 0 aliphatic carbocycles. The quantitative estimate of drug-likeness (QED) is 0.441. The molecule has 7 heteroatoms. The number of hydrogen-bond acceptors (Lipinski definition) is 5. The number of carboxylic acids is 1. The van der Waals surface area contributed by atoms with E-state index >= 15 is 0 Å². The molecule has 1 unspecified atom stereocenters. The molecule has 2 fully saturated rings. The molecule has 2 N–H and O–H groups in total. The summed E-state index contributed by atoms with van der Waals surface area (Å²) in [5.74, 6) is -2.68. The van der Waals surface area contributed by atoms with Gasteiger partial charge in [-0.3, -0.25) is 4.79 Å². The SMILES string of the molecule is CN(C)c1ccc(C(O)[C@H]2C(=O)N3[C@@H]2SC(C)(C)[C@@]3(C(=O)O)C(c2ccccc2)c2ccccc2)cc1. The summed E-state index contributed by atoms with van der Waals surface area (Å²) in [5, 5.41) is 21.8. The molecule has 2 aliphatic heterocycles. The molecule has 0 saturated carbocycles. The first-order chi connectivity index (χ1) is 17.6. The van der Waals surface area contributed by atoms with Crippen molar-refractivity contribution in [3.63, 3.8) is 0 Å². The highest BCUT2D eigenvalue weighted by molar-refractivity contribution is 8.01. The molecule has 0 radical (unpaired) electrons. The smallest absolute Gasteiger partial charge is 0.332 e. The monoisotopic (exact) mass is 516 g/mol. The number of fused-ring (bicyclic) bond motifs is 1.